The molecule has 1 rings (SSSR count). The number of hydrogen-bond donors (Lipinski definition) is 2. The van der Waals surface area contributed by atoms with Gasteiger partial charge in [-0.05, 0) is 12.1 Å². The van der Waals surface area contributed by atoms with Gasteiger partial charge in [-0.15, -0.1) is 0 Å². The summed E-state index contributed by atoms with van der Waals surface area (Å²) in [5.74, 6) is -0.882. The standard InChI is InChI=1S/C9H10F4N2O2S/c10-7-2-1-3-8(6(7)4-14)18(16,17)15-5-9(11,12)13/h1-3,15H,4-5,14H2. The van der Waals surface area contributed by atoms with E-state index >= 15 is 0 Å². The molecule has 3 N–H and O–H groups in total. The molecule has 18 heavy (non-hydrogen) atoms. The lowest BCUT2D eigenvalue weighted by molar-refractivity contribution is -0.121. The van der Waals surface area contributed by atoms with Crippen molar-refractivity contribution in [1.82, 2.24) is 4.72 Å². The Morgan fingerprint density at radius 1 is 1.28 bits per heavy atom. The lowest BCUT2D eigenvalue weighted by Crippen LogP contribution is -2.34. The molecule has 0 aromatic heterocycles. The zero-order chi connectivity index (χ0) is 14.0. The van der Waals surface area contributed by atoms with Crippen molar-refractivity contribution in [2.24, 2.45) is 5.73 Å². The first kappa shape index (κ1) is 14.9. The van der Waals surface area contributed by atoms with E-state index in [0.29, 0.717) is 0 Å². The quantitative estimate of drug-likeness (QED) is 0.815. The molecule has 0 spiro atoms. The molecule has 0 aliphatic heterocycles. The SMILES string of the molecule is NCc1c(F)cccc1S(=O)(=O)NCC(F)(F)F. The first-order valence-corrected chi connectivity index (χ1v) is 6.19. The van der Waals surface area contributed by atoms with Gasteiger partial charge in [-0.25, -0.2) is 17.5 Å². The second-order valence-corrected chi connectivity index (χ2v) is 5.10. The van der Waals surface area contributed by atoms with Crippen LogP contribution >= 0.6 is 0 Å². The molecule has 1 aromatic rings. The highest BCUT2D eigenvalue weighted by Gasteiger charge is 2.31. The predicted molar refractivity (Wildman–Crippen MR) is 55.5 cm³/mol. The summed E-state index contributed by atoms with van der Waals surface area (Å²) in [5, 5.41) is 0. The number of nitrogens with one attached hydrogen (secondary N) is 1. The van der Waals surface area contributed by atoms with Gasteiger partial charge in [-0.1, -0.05) is 6.07 Å². The molecule has 0 bridgehead atoms. The summed E-state index contributed by atoms with van der Waals surface area (Å²) in [6, 6.07) is 3.05. The van der Waals surface area contributed by atoms with E-state index in [-0.39, 0.29) is 5.56 Å². The topological polar surface area (TPSA) is 72.2 Å². The van der Waals surface area contributed by atoms with E-state index in [1.807, 2.05) is 0 Å². The van der Waals surface area contributed by atoms with E-state index in [2.05, 4.69) is 0 Å². The first-order valence-electron chi connectivity index (χ1n) is 4.71. The lowest BCUT2D eigenvalue weighted by atomic mass is 10.2. The summed E-state index contributed by atoms with van der Waals surface area (Å²) >= 11 is 0. The number of hydrogen-bond acceptors (Lipinski definition) is 3. The lowest BCUT2D eigenvalue weighted by Gasteiger charge is -2.12. The van der Waals surface area contributed by atoms with E-state index in [9.17, 15) is 26.0 Å². The van der Waals surface area contributed by atoms with E-state index < -0.39 is 40.0 Å². The molecule has 4 nitrogen and oxygen atoms in total. The van der Waals surface area contributed by atoms with Gasteiger partial charge in [0, 0.05) is 12.1 Å². The number of benzene rings is 1. The molecule has 102 valence electrons. The summed E-state index contributed by atoms with van der Waals surface area (Å²) < 4.78 is 73.6. The van der Waals surface area contributed by atoms with Crippen LogP contribution in [0.5, 0.6) is 0 Å². The molecule has 0 saturated heterocycles. The molecule has 0 heterocycles. The fourth-order valence-corrected chi connectivity index (χ4v) is 2.52. The molecule has 0 aliphatic rings. The van der Waals surface area contributed by atoms with Crippen LogP contribution in [0.25, 0.3) is 0 Å². The van der Waals surface area contributed by atoms with Crippen LogP contribution in [0, 0.1) is 5.82 Å². The Morgan fingerprint density at radius 2 is 1.89 bits per heavy atom. The van der Waals surface area contributed by atoms with Gasteiger partial charge >= 0.3 is 6.18 Å². The minimum Gasteiger partial charge on any atom is -0.326 e. The Hall–Kier alpha value is -1.19. The predicted octanol–water partition coefficient (Wildman–Crippen LogP) is 1.13. The number of sulfonamides is 1. The minimum atomic E-state index is -4.69. The maximum absolute atomic E-state index is 13.3. The molecular formula is C9H10F4N2O2S. The smallest absolute Gasteiger partial charge is 0.326 e. The fraction of sp³-hybridized carbons (Fsp3) is 0.333. The van der Waals surface area contributed by atoms with Crippen LogP contribution in [-0.2, 0) is 16.6 Å². The van der Waals surface area contributed by atoms with E-state index in [1.165, 1.54) is 4.72 Å². The van der Waals surface area contributed by atoms with Crippen LogP contribution in [0.4, 0.5) is 17.6 Å². The molecule has 0 atom stereocenters. The summed E-state index contributed by atoms with van der Waals surface area (Å²) in [6.45, 7) is -2.16. The van der Waals surface area contributed by atoms with Crippen LogP contribution in [0.3, 0.4) is 0 Å². The Kier molecular flexibility index (Phi) is 4.30. The van der Waals surface area contributed by atoms with Crippen molar-refractivity contribution in [1.29, 1.82) is 0 Å². The zero-order valence-electron chi connectivity index (χ0n) is 8.96. The van der Waals surface area contributed by atoms with Crippen LogP contribution in [0.15, 0.2) is 23.1 Å². The average Bonchev–Trinajstić information content (AvgIpc) is 2.25. The maximum atomic E-state index is 13.3. The van der Waals surface area contributed by atoms with Crippen molar-refractivity contribution in [3.05, 3.63) is 29.6 Å². The van der Waals surface area contributed by atoms with Crippen molar-refractivity contribution < 1.29 is 26.0 Å². The third-order valence-electron chi connectivity index (χ3n) is 2.03. The Bertz CT molecular complexity index is 528. The fourth-order valence-electron chi connectivity index (χ4n) is 1.24. The molecule has 0 radical (unpaired) electrons. The number of rotatable bonds is 4. The highest BCUT2D eigenvalue weighted by atomic mass is 32.2. The Morgan fingerprint density at radius 3 is 2.39 bits per heavy atom. The van der Waals surface area contributed by atoms with Crippen molar-refractivity contribution in [2.75, 3.05) is 6.54 Å². The Labute approximate surface area is 101 Å². The van der Waals surface area contributed by atoms with E-state index in [1.54, 1.807) is 0 Å². The highest BCUT2D eigenvalue weighted by Crippen LogP contribution is 2.20. The van der Waals surface area contributed by atoms with Crippen molar-refractivity contribution in [3.63, 3.8) is 0 Å². The highest BCUT2D eigenvalue weighted by molar-refractivity contribution is 7.89. The summed E-state index contributed by atoms with van der Waals surface area (Å²) in [5.41, 5.74) is 4.82. The molecule has 9 heteroatoms. The van der Waals surface area contributed by atoms with Gasteiger partial charge in [0.2, 0.25) is 10.0 Å². The maximum Gasteiger partial charge on any atom is 0.402 e. The second kappa shape index (κ2) is 5.21. The van der Waals surface area contributed by atoms with Gasteiger partial charge in [0.15, 0.2) is 0 Å². The van der Waals surface area contributed by atoms with Gasteiger partial charge in [-0.2, -0.15) is 13.2 Å². The zero-order valence-corrected chi connectivity index (χ0v) is 9.78. The van der Waals surface area contributed by atoms with Gasteiger partial charge in [0.05, 0.1) is 4.90 Å². The molecular weight excluding hydrogens is 276 g/mol. The van der Waals surface area contributed by atoms with Gasteiger partial charge in [-0.3, -0.25) is 0 Å². The summed E-state index contributed by atoms with van der Waals surface area (Å²) in [7, 11) is -4.45. The third kappa shape index (κ3) is 3.65. The summed E-state index contributed by atoms with van der Waals surface area (Å²) in [6.07, 6.45) is -4.69. The van der Waals surface area contributed by atoms with Crippen molar-refractivity contribution in [2.45, 2.75) is 17.6 Å². The van der Waals surface area contributed by atoms with E-state index in [4.69, 9.17) is 5.73 Å². The van der Waals surface area contributed by atoms with Crippen molar-refractivity contribution in [3.8, 4) is 0 Å². The largest absolute Gasteiger partial charge is 0.402 e. The number of nitrogens with two attached hydrogens (primary N) is 1. The molecule has 1 aromatic carbocycles. The average molecular weight is 286 g/mol. The monoisotopic (exact) mass is 286 g/mol. The molecule has 0 amide bonds. The van der Waals surface area contributed by atoms with Crippen LogP contribution < -0.4 is 10.5 Å². The molecule has 0 aliphatic carbocycles. The summed E-state index contributed by atoms with van der Waals surface area (Å²) in [4.78, 5) is -0.589. The molecule has 0 unspecified atom stereocenters. The molecule has 0 fully saturated rings. The number of halogens is 4. The molecule has 0 saturated carbocycles. The third-order valence-corrected chi connectivity index (χ3v) is 3.52. The van der Waals surface area contributed by atoms with Gasteiger partial charge in [0.25, 0.3) is 0 Å². The second-order valence-electron chi connectivity index (χ2n) is 3.36. The minimum absolute atomic E-state index is 0.354. The van der Waals surface area contributed by atoms with Gasteiger partial charge in [0.1, 0.15) is 12.4 Å². The van der Waals surface area contributed by atoms with E-state index in [0.717, 1.165) is 18.2 Å². The van der Waals surface area contributed by atoms with Gasteiger partial charge < -0.3 is 5.73 Å². The van der Waals surface area contributed by atoms with Crippen molar-refractivity contribution >= 4 is 10.0 Å². The van der Waals surface area contributed by atoms with Crippen LogP contribution in [-0.4, -0.2) is 21.1 Å². The normalized spacial score (nSPS) is 12.7. The van der Waals surface area contributed by atoms with Crippen LogP contribution in [0.1, 0.15) is 5.56 Å². The number of alkyl halides is 3. The Balaban J connectivity index is 3.10. The van der Waals surface area contributed by atoms with Crippen LogP contribution in [0.2, 0.25) is 0 Å². The first-order chi connectivity index (χ1) is 8.17.